The Labute approximate surface area is 84.7 Å². The first-order valence-corrected chi connectivity index (χ1v) is 4.71. The maximum Gasteiger partial charge on any atom is 0.269 e. The van der Waals surface area contributed by atoms with Crippen LogP contribution < -0.4 is 5.32 Å². The van der Waals surface area contributed by atoms with Gasteiger partial charge in [-0.2, -0.15) is 0 Å². The molecule has 1 N–H and O–H groups in total. The molecule has 0 unspecified atom stereocenters. The first-order chi connectivity index (χ1) is 5.74. The van der Waals surface area contributed by atoms with Crippen molar-refractivity contribution in [2.24, 2.45) is 0 Å². The number of nitrogens with one attached hydrogen (secondary N) is 1. The molecular formula is C8H9IN2O. The van der Waals surface area contributed by atoms with E-state index in [2.05, 4.69) is 32.9 Å². The predicted octanol–water partition coefficient (Wildman–Crippen LogP) is 1.44. The Morgan fingerprint density at radius 2 is 2.42 bits per heavy atom. The maximum absolute atomic E-state index is 11.2. The molecule has 0 radical (unpaired) electrons. The third-order valence-corrected chi connectivity index (χ3v) is 1.94. The zero-order chi connectivity index (χ0) is 8.97. The molecule has 12 heavy (non-hydrogen) atoms. The second-order valence-corrected chi connectivity index (χ2v) is 3.47. The van der Waals surface area contributed by atoms with Gasteiger partial charge in [0.15, 0.2) is 0 Å². The van der Waals surface area contributed by atoms with E-state index in [4.69, 9.17) is 0 Å². The highest BCUT2D eigenvalue weighted by Crippen LogP contribution is 2.02. The molecule has 1 heterocycles. The average molecular weight is 276 g/mol. The van der Waals surface area contributed by atoms with Gasteiger partial charge in [-0.25, -0.2) is 4.98 Å². The van der Waals surface area contributed by atoms with Crippen molar-refractivity contribution in [3.63, 3.8) is 0 Å². The van der Waals surface area contributed by atoms with E-state index in [1.54, 1.807) is 12.3 Å². The largest absolute Gasteiger partial charge is 0.351 e. The van der Waals surface area contributed by atoms with Gasteiger partial charge in [-0.05, 0) is 41.6 Å². The van der Waals surface area contributed by atoms with E-state index in [1.807, 2.05) is 13.0 Å². The summed E-state index contributed by atoms with van der Waals surface area (Å²) in [6.45, 7) is 2.51. The summed E-state index contributed by atoms with van der Waals surface area (Å²) >= 11 is 2.15. The molecule has 0 aliphatic carbocycles. The van der Waals surface area contributed by atoms with Crippen molar-refractivity contribution in [2.75, 3.05) is 6.54 Å². The minimum absolute atomic E-state index is 0.117. The smallest absolute Gasteiger partial charge is 0.269 e. The fourth-order valence-corrected chi connectivity index (χ4v) is 1.08. The van der Waals surface area contributed by atoms with E-state index >= 15 is 0 Å². The first kappa shape index (κ1) is 9.44. The number of carbonyl (C=O) groups excluding carboxylic acids is 1. The molecule has 0 atom stereocenters. The van der Waals surface area contributed by atoms with Gasteiger partial charge in [0.1, 0.15) is 5.69 Å². The monoisotopic (exact) mass is 276 g/mol. The summed E-state index contributed by atoms with van der Waals surface area (Å²) in [4.78, 5) is 15.2. The molecule has 0 aliphatic rings. The standard InChI is InChI=1S/C8H9IN2O/c1-2-10-8(12)7-4-3-6(9)5-11-7/h3-5H,2H2,1H3,(H,10,12). The lowest BCUT2D eigenvalue weighted by Gasteiger charge is -1.99. The van der Waals surface area contributed by atoms with Gasteiger partial charge in [0.25, 0.3) is 5.91 Å². The van der Waals surface area contributed by atoms with Gasteiger partial charge >= 0.3 is 0 Å². The van der Waals surface area contributed by atoms with Crippen molar-refractivity contribution in [1.29, 1.82) is 0 Å². The number of aromatic nitrogens is 1. The van der Waals surface area contributed by atoms with Crippen molar-refractivity contribution in [3.8, 4) is 0 Å². The second-order valence-electron chi connectivity index (χ2n) is 2.22. The quantitative estimate of drug-likeness (QED) is 0.830. The number of amides is 1. The molecular weight excluding hydrogens is 267 g/mol. The van der Waals surface area contributed by atoms with Crippen molar-refractivity contribution >= 4 is 28.5 Å². The highest BCUT2D eigenvalue weighted by Gasteiger charge is 2.03. The molecule has 1 aromatic heterocycles. The van der Waals surface area contributed by atoms with E-state index in [0.29, 0.717) is 12.2 Å². The van der Waals surface area contributed by atoms with Gasteiger partial charge in [-0.1, -0.05) is 0 Å². The molecule has 0 fully saturated rings. The van der Waals surface area contributed by atoms with Crippen LogP contribution in [-0.2, 0) is 0 Å². The lowest BCUT2D eigenvalue weighted by Crippen LogP contribution is -2.23. The maximum atomic E-state index is 11.2. The molecule has 4 heteroatoms. The molecule has 1 rings (SSSR count). The Balaban J connectivity index is 2.75. The van der Waals surface area contributed by atoms with Crippen LogP contribution in [0.4, 0.5) is 0 Å². The summed E-state index contributed by atoms with van der Waals surface area (Å²) in [5.41, 5.74) is 0.470. The van der Waals surface area contributed by atoms with Gasteiger partial charge in [-0.3, -0.25) is 4.79 Å². The van der Waals surface area contributed by atoms with Gasteiger partial charge in [0, 0.05) is 16.3 Å². The van der Waals surface area contributed by atoms with E-state index < -0.39 is 0 Å². The normalized spacial score (nSPS) is 9.50. The van der Waals surface area contributed by atoms with Crippen LogP contribution in [0, 0.1) is 3.57 Å². The molecule has 0 saturated heterocycles. The summed E-state index contributed by atoms with van der Waals surface area (Å²) in [7, 11) is 0. The molecule has 1 aromatic rings. The summed E-state index contributed by atoms with van der Waals surface area (Å²) < 4.78 is 1.03. The third kappa shape index (κ3) is 2.44. The Hall–Kier alpha value is -0.650. The number of carbonyl (C=O) groups is 1. The molecule has 0 aromatic carbocycles. The van der Waals surface area contributed by atoms with Crippen LogP contribution in [0.1, 0.15) is 17.4 Å². The first-order valence-electron chi connectivity index (χ1n) is 3.63. The molecule has 1 amide bonds. The van der Waals surface area contributed by atoms with Crippen LogP contribution in [0.25, 0.3) is 0 Å². The highest BCUT2D eigenvalue weighted by atomic mass is 127. The summed E-state index contributed by atoms with van der Waals surface area (Å²) in [5.74, 6) is -0.117. The number of nitrogens with zero attached hydrogens (tertiary/aromatic N) is 1. The Morgan fingerprint density at radius 3 is 2.92 bits per heavy atom. The van der Waals surface area contributed by atoms with E-state index in [9.17, 15) is 4.79 Å². The van der Waals surface area contributed by atoms with Crippen LogP contribution in [0.2, 0.25) is 0 Å². The molecule has 64 valence electrons. The molecule has 0 aliphatic heterocycles. The average Bonchev–Trinajstić information content (AvgIpc) is 2.06. The zero-order valence-corrected chi connectivity index (χ0v) is 8.83. The minimum Gasteiger partial charge on any atom is -0.351 e. The van der Waals surface area contributed by atoms with Crippen molar-refractivity contribution < 1.29 is 4.79 Å². The number of halogens is 1. The van der Waals surface area contributed by atoms with E-state index in [1.165, 1.54) is 0 Å². The van der Waals surface area contributed by atoms with Crippen molar-refractivity contribution in [2.45, 2.75) is 6.92 Å². The fourth-order valence-electron chi connectivity index (χ4n) is 0.761. The van der Waals surface area contributed by atoms with Crippen LogP contribution >= 0.6 is 22.6 Å². The predicted molar refractivity (Wildman–Crippen MR) is 55.0 cm³/mol. The Kier molecular flexibility index (Phi) is 3.46. The third-order valence-electron chi connectivity index (χ3n) is 1.30. The van der Waals surface area contributed by atoms with E-state index in [0.717, 1.165) is 3.57 Å². The number of hydrogen-bond acceptors (Lipinski definition) is 2. The Morgan fingerprint density at radius 1 is 1.67 bits per heavy atom. The Bertz CT molecular complexity index is 271. The van der Waals surface area contributed by atoms with Crippen molar-refractivity contribution in [3.05, 3.63) is 27.6 Å². The summed E-state index contributed by atoms with van der Waals surface area (Å²) in [6.07, 6.45) is 1.67. The van der Waals surface area contributed by atoms with Crippen molar-refractivity contribution in [1.82, 2.24) is 10.3 Å². The van der Waals surface area contributed by atoms with Gasteiger partial charge < -0.3 is 5.32 Å². The van der Waals surface area contributed by atoms with Crippen LogP contribution in [0.15, 0.2) is 18.3 Å². The molecule has 3 nitrogen and oxygen atoms in total. The van der Waals surface area contributed by atoms with Crippen LogP contribution in [-0.4, -0.2) is 17.4 Å². The minimum atomic E-state index is -0.117. The topological polar surface area (TPSA) is 42.0 Å². The molecule has 0 bridgehead atoms. The SMILES string of the molecule is CCNC(=O)c1ccc(I)cn1. The highest BCUT2D eigenvalue weighted by molar-refractivity contribution is 14.1. The lowest BCUT2D eigenvalue weighted by atomic mass is 10.3. The van der Waals surface area contributed by atoms with Crippen LogP contribution in [0.3, 0.4) is 0 Å². The number of hydrogen-bond donors (Lipinski definition) is 1. The van der Waals surface area contributed by atoms with E-state index in [-0.39, 0.29) is 5.91 Å². The van der Waals surface area contributed by atoms with Crippen LogP contribution in [0.5, 0.6) is 0 Å². The summed E-state index contributed by atoms with van der Waals surface area (Å²) in [6, 6.07) is 3.57. The molecule has 0 spiro atoms. The fraction of sp³-hybridized carbons (Fsp3) is 0.250. The number of rotatable bonds is 2. The number of pyridine rings is 1. The molecule has 0 saturated carbocycles. The lowest BCUT2D eigenvalue weighted by molar-refractivity contribution is 0.0951. The van der Waals surface area contributed by atoms with Gasteiger partial charge in [-0.15, -0.1) is 0 Å². The second kappa shape index (κ2) is 4.39. The summed E-state index contributed by atoms with van der Waals surface area (Å²) in [5, 5.41) is 2.68. The van der Waals surface area contributed by atoms with Gasteiger partial charge in [0.05, 0.1) is 0 Å². The van der Waals surface area contributed by atoms with Gasteiger partial charge in [0.2, 0.25) is 0 Å². The zero-order valence-electron chi connectivity index (χ0n) is 6.67.